The number of unbranched alkanes of at least 4 members (excludes halogenated alkanes) is 7. The molecule has 154 valence electrons. The van der Waals surface area contributed by atoms with E-state index in [0.717, 1.165) is 19.4 Å². The molecule has 1 aromatic carbocycles. The molecule has 1 aromatic rings. The molecule has 0 aliphatic heterocycles. The van der Waals surface area contributed by atoms with Crippen molar-refractivity contribution in [1.29, 1.82) is 0 Å². The van der Waals surface area contributed by atoms with Gasteiger partial charge in [-0.2, -0.15) is 0 Å². The fraction of sp³-hybridized carbons (Fsp3) is 0.481. The zero-order valence-corrected chi connectivity index (χ0v) is 17.9. The topological polar surface area (TPSA) is 9.23 Å². The van der Waals surface area contributed by atoms with Gasteiger partial charge in [-0.1, -0.05) is 94.3 Å². The van der Waals surface area contributed by atoms with Crippen molar-refractivity contribution < 1.29 is 4.74 Å². The SMILES string of the molecule is C=CC(=C)CCCCCCCc1cccc(CCCCCCOC(=C)C=C)c1. The Morgan fingerprint density at radius 1 is 0.750 bits per heavy atom. The largest absolute Gasteiger partial charge is 0.494 e. The van der Waals surface area contributed by atoms with Gasteiger partial charge in [-0.25, -0.2) is 0 Å². The van der Waals surface area contributed by atoms with Crippen LogP contribution in [-0.4, -0.2) is 6.61 Å². The average molecular weight is 381 g/mol. The molecule has 0 aliphatic carbocycles. The lowest BCUT2D eigenvalue weighted by molar-refractivity contribution is 0.218. The molecule has 0 unspecified atom stereocenters. The highest BCUT2D eigenvalue weighted by molar-refractivity contribution is 5.23. The van der Waals surface area contributed by atoms with Gasteiger partial charge < -0.3 is 4.74 Å². The van der Waals surface area contributed by atoms with E-state index in [1.165, 1.54) is 80.9 Å². The Hall–Kier alpha value is -2.02. The summed E-state index contributed by atoms with van der Waals surface area (Å²) < 4.78 is 5.44. The Morgan fingerprint density at radius 2 is 1.32 bits per heavy atom. The summed E-state index contributed by atoms with van der Waals surface area (Å²) in [6.07, 6.45) is 18.3. The molecule has 0 aliphatic rings. The van der Waals surface area contributed by atoms with E-state index >= 15 is 0 Å². The van der Waals surface area contributed by atoms with Crippen LogP contribution in [0.5, 0.6) is 0 Å². The van der Waals surface area contributed by atoms with E-state index in [-0.39, 0.29) is 0 Å². The van der Waals surface area contributed by atoms with Crippen LogP contribution in [0.3, 0.4) is 0 Å². The van der Waals surface area contributed by atoms with Crippen molar-refractivity contribution in [3.63, 3.8) is 0 Å². The first kappa shape index (κ1) is 24.0. The van der Waals surface area contributed by atoms with E-state index in [4.69, 9.17) is 4.74 Å². The Morgan fingerprint density at radius 3 is 1.93 bits per heavy atom. The van der Waals surface area contributed by atoms with Crippen LogP contribution in [0, 0.1) is 0 Å². The van der Waals surface area contributed by atoms with Crippen LogP contribution >= 0.6 is 0 Å². The Bertz CT molecular complexity index is 547. The van der Waals surface area contributed by atoms with E-state index in [1.54, 1.807) is 6.08 Å². The van der Waals surface area contributed by atoms with E-state index in [9.17, 15) is 0 Å². The molecule has 1 heteroatoms. The van der Waals surface area contributed by atoms with Crippen LogP contribution < -0.4 is 0 Å². The van der Waals surface area contributed by atoms with E-state index in [0.29, 0.717) is 5.76 Å². The third kappa shape index (κ3) is 12.4. The van der Waals surface area contributed by atoms with Gasteiger partial charge in [-0.3, -0.25) is 0 Å². The van der Waals surface area contributed by atoms with Crippen molar-refractivity contribution in [2.24, 2.45) is 0 Å². The molecule has 0 saturated heterocycles. The third-order valence-electron chi connectivity index (χ3n) is 5.12. The van der Waals surface area contributed by atoms with Gasteiger partial charge in [0, 0.05) is 0 Å². The summed E-state index contributed by atoms with van der Waals surface area (Å²) in [5.41, 5.74) is 4.15. The average Bonchev–Trinajstić information content (AvgIpc) is 2.72. The summed E-state index contributed by atoms with van der Waals surface area (Å²) in [5, 5.41) is 0. The van der Waals surface area contributed by atoms with Gasteiger partial charge in [0.15, 0.2) is 0 Å². The second-order valence-electron chi connectivity index (χ2n) is 7.63. The molecular weight excluding hydrogens is 340 g/mol. The Balaban J connectivity index is 2.08. The van der Waals surface area contributed by atoms with Crippen molar-refractivity contribution in [3.8, 4) is 0 Å². The molecule has 0 radical (unpaired) electrons. The number of allylic oxidation sites excluding steroid dienone is 3. The first-order valence-electron chi connectivity index (χ1n) is 11.0. The summed E-state index contributed by atoms with van der Waals surface area (Å²) in [5.74, 6) is 0.676. The Kier molecular flexibility index (Phi) is 13.7. The zero-order valence-electron chi connectivity index (χ0n) is 17.9. The summed E-state index contributed by atoms with van der Waals surface area (Å²) in [7, 11) is 0. The van der Waals surface area contributed by atoms with E-state index in [1.807, 2.05) is 6.08 Å². The highest BCUT2D eigenvalue weighted by Gasteiger charge is 1.99. The molecule has 0 atom stereocenters. The molecule has 0 fully saturated rings. The summed E-state index contributed by atoms with van der Waals surface area (Å²) in [6.45, 7) is 15.9. The molecule has 0 amide bonds. The van der Waals surface area contributed by atoms with Crippen molar-refractivity contribution in [3.05, 3.63) is 85.2 Å². The van der Waals surface area contributed by atoms with Gasteiger partial charge in [-0.05, 0) is 62.1 Å². The number of ether oxygens (including phenoxy) is 1. The van der Waals surface area contributed by atoms with Crippen LogP contribution in [-0.2, 0) is 17.6 Å². The smallest absolute Gasteiger partial charge is 0.111 e. The second kappa shape index (κ2) is 16.0. The van der Waals surface area contributed by atoms with Gasteiger partial charge in [0.2, 0.25) is 0 Å². The minimum atomic E-state index is 0.676. The van der Waals surface area contributed by atoms with Gasteiger partial charge in [0.1, 0.15) is 5.76 Å². The lowest BCUT2D eigenvalue weighted by atomic mass is 10.00. The molecule has 28 heavy (non-hydrogen) atoms. The predicted octanol–water partition coefficient (Wildman–Crippen LogP) is 8.13. The maximum absolute atomic E-state index is 5.44. The highest BCUT2D eigenvalue weighted by Crippen LogP contribution is 2.15. The molecule has 0 bridgehead atoms. The molecule has 0 aromatic heterocycles. The quantitative estimate of drug-likeness (QED) is 0.142. The fourth-order valence-electron chi connectivity index (χ4n) is 3.30. The number of hydrogen-bond acceptors (Lipinski definition) is 1. The van der Waals surface area contributed by atoms with E-state index in [2.05, 4.69) is 50.6 Å². The number of rotatable bonds is 18. The molecule has 0 saturated carbocycles. The normalized spacial score (nSPS) is 10.4. The predicted molar refractivity (Wildman–Crippen MR) is 125 cm³/mol. The molecule has 1 nitrogen and oxygen atoms in total. The fourth-order valence-corrected chi connectivity index (χ4v) is 3.30. The maximum Gasteiger partial charge on any atom is 0.111 e. The molecule has 0 heterocycles. The van der Waals surface area contributed by atoms with Crippen LogP contribution in [0.4, 0.5) is 0 Å². The minimum absolute atomic E-state index is 0.676. The first-order chi connectivity index (χ1) is 13.7. The lowest BCUT2D eigenvalue weighted by Gasteiger charge is -2.07. The molecule has 0 spiro atoms. The minimum Gasteiger partial charge on any atom is -0.494 e. The Labute approximate surface area is 173 Å². The summed E-state index contributed by atoms with van der Waals surface area (Å²) in [4.78, 5) is 0. The van der Waals surface area contributed by atoms with Crippen LogP contribution in [0.15, 0.2) is 74.1 Å². The van der Waals surface area contributed by atoms with Gasteiger partial charge in [0.25, 0.3) is 0 Å². The van der Waals surface area contributed by atoms with E-state index < -0.39 is 0 Å². The summed E-state index contributed by atoms with van der Waals surface area (Å²) >= 11 is 0. The standard InChI is InChI=1S/C27H40O/c1-5-24(3)17-12-8-7-9-13-18-26-20-16-21-27(23-26)19-14-10-11-15-22-28-25(4)6-2/h5-6,16,20-21,23H,1-4,7-15,17-19,22H2. The van der Waals surface area contributed by atoms with Crippen molar-refractivity contribution >= 4 is 0 Å². The summed E-state index contributed by atoms with van der Waals surface area (Å²) in [6, 6.07) is 9.18. The number of aryl methyl sites for hydroxylation is 2. The molecular formula is C27H40O. The monoisotopic (exact) mass is 380 g/mol. The van der Waals surface area contributed by atoms with Crippen LogP contribution in [0.25, 0.3) is 0 Å². The van der Waals surface area contributed by atoms with Crippen LogP contribution in [0.2, 0.25) is 0 Å². The van der Waals surface area contributed by atoms with Gasteiger partial charge in [-0.15, -0.1) is 0 Å². The second-order valence-corrected chi connectivity index (χ2v) is 7.63. The molecule has 1 rings (SSSR count). The first-order valence-corrected chi connectivity index (χ1v) is 11.0. The lowest BCUT2D eigenvalue weighted by Crippen LogP contribution is -1.93. The van der Waals surface area contributed by atoms with Crippen molar-refractivity contribution in [1.82, 2.24) is 0 Å². The number of benzene rings is 1. The highest BCUT2D eigenvalue weighted by atomic mass is 16.5. The zero-order chi connectivity index (χ0) is 20.5. The van der Waals surface area contributed by atoms with Crippen molar-refractivity contribution in [2.45, 2.75) is 77.0 Å². The van der Waals surface area contributed by atoms with Gasteiger partial charge in [0.05, 0.1) is 6.61 Å². The van der Waals surface area contributed by atoms with Gasteiger partial charge >= 0.3 is 0 Å². The molecule has 0 N–H and O–H groups in total. The third-order valence-corrected chi connectivity index (χ3v) is 5.12. The maximum atomic E-state index is 5.44. The van der Waals surface area contributed by atoms with Crippen LogP contribution in [0.1, 0.15) is 75.3 Å². The number of hydrogen-bond donors (Lipinski definition) is 0. The van der Waals surface area contributed by atoms with Crippen molar-refractivity contribution in [2.75, 3.05) is 6.61 Å².